The Morgan fingerprint density at radius 1 is 1.10 bits per heavy atom. The van der Waals surface area contributed by atoms with E-state index in [2.05, 4.69) is 37.6 Å². The highest BCUT2D eigenvalue weighted by Gasteiger charge is 2.07. The molecular formula is C16H14BrN3. The molecule has 3 rings (SSSR count). The SMILES string of the molecule is Nc1ccc(Cn2ccnc2-c2ccccc2)c(Br)c1. The minimum atomic E-state index is 0.755. The van der Waals surface area contributed by atoms with Gasteiger partial charge in [0.15, 0.2) is 0 Å². The zero-order valence-electron chi connectivity index (χ0n) is 10.8. The van der Waals surface area contributed by atoms with Crippen molar-refractivity contribution in [1.29, 1.82) is 0 Å². The number of benzene rings is 2. The molecule has 2 N–H and O–H groups in total. The van der Waals surface area contributed by atoms with Crippen LogP contribution in [0.15, 0.2) is 65.4 Å². The smallest absolute Gasteiger partial charge is 0.140 e. The lowest BCUT2D eigenvalue weighted by molar-refractivity contribution is 0.804. The van der Waals surface area contributed by atoms with Crippen molar-refractivity contribution in [3.05, 3.63) is 71.0 Å². The molecule has 0 saturated heterocycles. The maximum Gasteiger partial charge on any atom is 0.140 e. The number of hydrogen-bond donors (Lipinski definition) is 1. The monoisotopic (exact) mass is 327 g/mol. The third-order valence-electron chi connectivity index (χ3n) is 3.17. The molecule has 0 aliphatic carbocycles. The standard InChI is InChI=1S/C16H14BrN3/c17-15-10-14(18)7-6-13(15)11-20-9-8-19-16(20)12-4-2-1-3-5-12/h1-10H,11,18H2. The molecule has 0 spiro atoms. The third kappa shape index (κ3) is 2.60. The van der Waals surface area contributed by atoms with E-state index >= 15 is 0 Å². The van der Waals surface area contributed by atoms with Crippen LogP contribution in [-0.4, -0.2) is 9.55 Å². The number of halogens is 1. The zero-order chi connectivity index (χ0) is 13.9. The normalized spacial score (nSPS) is 10.7. The molecule has 3 nitrogen and oxygen atoms in total. The van der Waals surface area contributed by atoms with Gasteiger partial charge in [0.2, 0.25) is 0 Å². The fraction of sp³-hybridized carbons (Fsp3) is 0.0625. The summed E-state index contributed by atoms with van der Waals surface area (Å²) >= 11 is 3.56. The van der Waals surface area contributed by atoms with Crippen LogP contribution in [0.25, 0.3) is 11.4 Å². The molecule has 0 unspecified atom stereocenters. The van der Waals surface area contributed by atoms with Crippen molar-refractivity contribution >= 4 is 21.6 Å². The molecule has 0 aliphatic heterocycles. The predicted octanol–water partition coefficient (Wildman–Crippen LogP) is 3.94. The minimum absolute atomic E-state index is 0.755. The molecule has 1 heterocycles. The molecule has 0 amide bonds. The van der Waals surface area contributed by atoms with Crippen LogP contribution in [0, 0.1) is 0 Å². The van der Waals surface area contributed by atoms with Crippen molar-refractivity contribution in [2.75, 3.05) is 5.73 Å². The van der Waals surface area contributed by atoms with E-state index in [4.69, 9.17) is 5.73 Å². The number of nitrogen functional groups attached to an aromatic ring is 1. The van der Waals surface area contributed by atoms with E-state index in [1.807, 2.05) is 48.8 Å². The Kier molecular flexibility index (Phi) is 3.56. The van der Waals surface area contributed by atoms with Gasteiger partial charge < -0.3 is 10.3 Å². The molecule has 0 saturated carbocycles. The molecule has 3 aromatic rings. The van der Waals surface area contributed by atoms with Gasteiger partial charge in [-0.15, -0.1) is 0 Å². The van der Waals surface area contributed by atoms with E-state index in [9.17, 15) is 0 Å². The molecule has 0 radical (unpaired) electrons. The molecule has 20 heavy (non-hydrogen) atoms. The van der Waals surface area contributed by atoms with Crippen molar-refractivity contribution < 1.29 is 0 Å². The van der Waals surface area contributed by atoms with E-state index in [1.165, 1.54) is 5.56 Å². The topological polar surface area (TPSA) is 43.8 Å². The molecule has 0 aliphatic rings. The second kappa shape index (κ2) is 5.51. The summed E-state index contributed by atoms with van der Waals surface area (Å²) in [6.45, 7) is 0.755. The molecule has 100 valence electrons. The molecule has 1 aromatic heterocycles. The van der Waals surface area contributed by atoms with Crippen LogP contribution in [0.2, 0.25) is 0 Å². The Bertz CT molecular complexity index is 720. The number of nitrogens with zero attached hydrogens (tertiary/aromatic N) is 2. The lowest BCUT2D eigenvalue weighted by Crippen LogP contribution is -2.02. The number of anilines is 1. The highest BCUT2D eigenvalue weighted by Crippen LogP contribution is 2.23. The van der Waals surface area contributed by atoms with E-state index in [0.29, 0.717) is 0 Å². The van der Waals surface area contributed by atoms with Crippen LogP contribution in [0.1, 0.15) is 5.56 Å². The van der Waals surface area contributed by atoms with Gasteiger partial charge >= 0.3 is 0 Å². The molecular weight excluding hydrogens is 314 g/mol. The molecule has 4 heteroatoms. The fourth-order valence-corrected chi connectivity index (χ4v) is 2.68. The zero-order valence-corrected chi connectivity index (χ0v) is 12.4. The van der Waals surface area contributed by atoms with E-state index in [0.717, 1.165) is 28.1 Å². The van der Waals surface area contributed by atoms with Gasteiger partial charge in [-0.25, -0.2) is 4.98 Å². The first-order valence-electron chi connectivity index (χ1n) is 6.34. The van der Waals surface area contributed by atoms with Crippen molar-refractivity contribution in [2.45, 2.75) is 6.54 Å². The maximum absolute atomic E-state index is 5.77. The molecule has 0 atom stereocenters. The molecule has 2 aromatic carbocycles. The van der Waals surface area contributed by atoms with Gasteiger partial charge in [0.25, 0.3) is 0 Å². The third-order valence-corrected chi connectivity index (χ3v) is 3.90. The van der Waals surface area contributed by atoms with Crippen LogP contribution in [0.5, 0.6) is 0 Å². The van der Waals surface area contributed by atoms with Gasteiger partial charge in [-0.2, -0.15) is 0 Å². The van der Waals surface area contributed by atoms with Crippen LogP contribution in [-0.2, 0) is 6.54 Å². The quantitative estimate of drug-likeness (QED) is 0.740. The Balaban J connectivity index is 1.95. The Morgan fingerprint density at radius 3 is 2.65 bits per heavy atom. The van der Waals surface area contributed by atoms with Crippen LogP contribution < -0.4 is 5.73 Å². The van der Waals surface area contributed by atoms with Gasteiger partial charge in [-0.05, 0) is 17.7 Å². The number of rotatable bonds is 3. The van der Waals surface area contributed by atoms with E-state index in [1.54, 1.807) is 0 Å². The molecule has 0 fully saturated rings. The summed E-state index contributed by atoms with van der Waals surface area (Å²) in [7, 11) is 0. The summed E-state index contributed by atoms with van der Waals surface area (Å²) in [5.74, 6) is 0.967. The summed E-state index contributed by atoms with van der Waals surface area (Å²) in [4.78, 5) is 4.45. The predicted molar refractivity (Wildman–Crippen MR) is 85.3 cm³/mol. The number of hydrogen-bond acceptors (Lipinski definition) is 2. The van der Waals surface area contributed by atoms with Crippen LogP contribution >= 0.6 is 15.9 Å². The largest absolute Gasteiger partial charge is 0.399 e. The number of aromatic nitrogens is 2. The molecule has 0 bridgehead atoms. The Hall–Kier alpha value is -2.07. The van der Waals surface area contributed by atoms with E-state index < -0.39 is 0 Å². The van der Waals surface area contributed by atoms with E-state index in [-0.39, 0.29) is 0 Å². The average Bonchev–Trinajstić information content (AvgIpc) is 2.91. The van der Waals surface area contributed by atoms with Crippen molar-refractivity contribution in [2.24, 2.45) is 0 Å². The van der Waals surface area contributed by atoms with Gasteiger partial charge in [0.05, 0.1) is 6.54 Å². The van der Waals surface area contributed by atoms with Crippen molar-refractivity contribution in [1.82, 2.24) is 9.55 Å². The van der Waals surface area contributed by atoms with Crippen molar-refractivity contribution in [3.8, 4) is 11.4 Å². The summed E-state index contributed by atoms with van der Waals surface area (Å²) in [6.07, 6.45) is 3.82. The average molecular weight is 328 g/mol. The first-order chi connectivity index (χ1) is 9.74. The van der Waals surface area contributed by atoms with Crippen LogP contribution in [0.3, 0.4) is 0 Å². The second-order valence-electron chi connectivity index (χ2n) is 4.60. The lowest BCUT2D eigenvalue weighted by Gasteiger charge is -2.10. The number of nitrogens with two attached hydrogens (primary N) is 1. The first-order valence-corrected chi connectivity index (χ1v) is 7.14. The van der Waals surface area contributed by atoms with Gasteiger partial charge in [0.1, 0.15) is 5.82 Å². The fourth-order valence-electron chi connectivity index (χ4n) is 2.16. The lowest BCUT2D eigenvalue weighted by atomic mass is 10.2. The Morgan fingerprint density at radius 2 is 1.90 bits per heavy atom. The summed E-state index contributed by atoms with van der Waals surface area (Å²) < 4.78 is 3.15. The van der Waals surface area contributed by atoms with Gasteiger partial charge in [-0.3, -0.25) is 0 Å². The highest BCUT2D eigenvalue weighted by atomic mass is 79.9. The Labute approximate surface area is 126 Å². The van der Waals surface area contributed by atoms with Crippen molar-refractivity contribution in [3.63, 3.8) is 0 Å². The summed E-state index contributed by atoms with van der Waals surface area (Å²) in [5, 5.41) is 0. The van der Waals surface area contributed by atoms with Crippen LogP contribution in [0.4, 0.5) is 5.69 Å². The summed E-state index contributed by atoms with van der Waals surface area (Å²) in [6, 6.07) is 16.1. The summed E-state index contributed by atoms with van der Waals surface area (Å²) in [5.41, 5.74) is 8.82. The minimum Gasteiger partial charge on any atom is -0.399 e. The highest BCUT2D eigenvalue weighted by molar-refractivity contribution is 9.10. The maximum atomic E-state index is 5.77. The second-order valence-corrected chi connectivity index (χ2v) is 5.45. The first kappa shape index (κ1) is 12.9. The number of imidazole rings is 1. The van der Waals surface area contributed by atoms with Gasteiger partial charge in [-0.1, -0.05) is 52.3 Å². The van der Waals surface area contributed by atoms with Gasteiger partial charge in [0, 0.05) is 28.1 Å².